The first-order chi connectivity index (χ1) is 8.76. The van der Waals surface area contributed by atoms with Gasteiger partial charge in [-0.2, -0.15) is 0 Å². The maximum atomic E-state index is 12.4. The van der Waals surface area contributed by atoms with Crippen LogP contribution in [-0.4, -0.2) is 34.9 Å². The Labute approximate surface area is 137 Å². The van der Waals surface area contributed by atoms with E-state index in [0.29, 0.717) is 6.54 Å². The second kappa shape index (κ2) is 9.55. The van der Waals surface area contributed by atoms with Crippen molar-refractivity contribution in [2.24, 2.45) is 5.73 Å². The van der Waals surface area contributed by atoms with E-state index in [1.165, 1.54) is 17.8 Å². The SMILES string of the molecule is CCCc1ncc(C(=O)N2CCCCC2CN)s1.Cl.Cl. The number of likely N-dealkylation sites (tertiary alicyclic amines) is 1. The van der Waals surface area contributed by atoms with Crippen LogP contribution in [0.4, 0.5) is 0 Å². The molecule has 0 saturated carbocycles. The number of rotatable bonds is 4. The molecular weight excluding hydrogens is 317 g/mol. The third kappa shape index (κ3) is 4.58. The number of thiazole rings is 1. The molecule has 2 N–H and O–H groups in total. The van der Waals surface area contributed by atoms with Gasteiger partial charge in [0.25, 0.3) is 5.91 Å². The fourth-order valence-electron chi connectivity index (χ4n) is 2.39. The van der Waals surface area contributed by atoms with Crippen LogP contribution < -0.4 is 5.73 Å². The van der Waals surface area contributed by atoms with Gasteiger partial charge in [0, 0.05) is 19.1 Å². The molecule has 20 heavy (non-hydrogen) atoms. The molecule has 0 radical (unpaired) electrons. The lowest BCUT2D eigenvalue weighted by Crippen LogP contribution is -2.47. The third-order valence-electron chi connectivity index (χ3n) is 3.39. The largest absolute Gasteiger partial charge is 0.334 e. The number of hydrogen-bond donors (Lipinski definition) is 1. The van der Waals surface area contributed by atoms with E-state index < -0.39 is 0 Å². The molecule has 116 valence electrons. The molecule has 1 saturated heterocycles. The molecule has 1 unspecified atom stereocenters. The van der Waals surface area contributed by atoms with Gasteiger partial charge in [0.2, 0.25) is 0 Å². The number of amides is 1. The maximum Gasteiger partial charge on any atom is 0.265 e. The van der Waals surface area contributed by atoms with E-state index in [2.05, 4.69) is 11.9 Å². The first-order valence-electron chi connectivity index (χ1n) is 6.72. The summed E-state index contributed by atoms with van der Waals surface area (Å²) in [6, 6.07) is 0.211. The van der Waals surface area contributed by atoms with Crippen LogP contribution in [0.1, 0.15) is 47.3 Å². The zero-order valence-electron chi connectivity index (χ0n) is 11.7. The zero-order chi connectivity index (χ0) is 13.0. The number of carbonyl (C=O) groups excluding carboxylic acids is 1. The quantitative estimate of drug-likeness (QED) is 0.917. The lowest BCUT2D eigenvalue weighted by molar-refractivity contribution is 0.0628. The highest BCUT2D eigenvalue weighted by atomic mass is 35.5. The highest BCUT2D eigenvalue weighted by molar-refractivity contribution is 7.13. The predicted molar refractivity (Wildman–Crippen MR) is 88.3 cm³/mol. The Morgan fingerprint density at radius 3 is 2.90 bits per heavy atom. The van der Waals surface area contributed by atoms with Crippen molar-refractivity contribution < 1.29 is 4.79 Å². The Hall–Kier alpha value is -0.360. The summed E-state index contributed by atoms with van der Waals surface area (Å²) in [6.07, 6.45) is 7.04. The molecule has 0 spiro atoms. The van der Waals surface area contributed by atoms with Gasteiger partial charge >= 0.3 is 0 Å². The van der Waals surface area contributed by atoms with Crippen molar-refractivity contribution >= 4 is 42.1 Å². The molecule has 1 aromatic heterocycles. The highest BCUT2D eigenvalue weighted by Gasteiger charge is 2.27. The molecule has 1 aliphatic heterocycles. The molecule has 0 aromatic carbocycles. The smallest absolute Gasteiger partial charge is 0.265 e. The molecule has 2 rings (SSSR count). The van der Waals surface area contributed by atoms with Crippen LogP contribution in [0.2, 0.25) is 0 Å². The van der Waals surface area contributed by atoms with Gasteiger partial charge < -0.3 is 10.6 Å². The van der Waals surface area contributed by atoms with Crippen LogP contribution in [0.3, 0.4) is 0 Å². The van der Waals surface area contributed by atoms with Crippen LogP contribution in [0.25, 0.3) is 0 Å². The summed E-state index contributed by atoms with van der Waals surface area (Å²) in [5, 5.41) is 1.06. The van der Waals surface area contributed by atoms with E-state index in [-0.39, 0.29) is 36.8 Å². The van der Waals surface area contributed by atoms with Gasteiger partial charge in [-0.25, -0.2) is 4.98 Å². The van der Waals surface area contributed by atoms with Gasteiger partial charge in [0.1, 0.15) is 4.88 Å². The summed E-state index contributed by atoms with van der Waals surface area (Å²) in [6.45, 7) is 3.52. The van der Waals surface area contributed by atoms with Crippen molar-refractivity contribution in [1.82, 2.24) is 9.88 Å². The number of halogens is 2. The monoisotopic (exact) mass is 339 g/mol. The first-order valence-corrected chi connectivity index (χ1v) is 7.53. The van der Waals surface area contributed by atoms with Gasteiger partial charge in [0.15, 0.2) is 0 Å². The second-order valence-electron chi connectivity index (χ2n) is 4.75. The van der Waals surface area contributed by atoms with Crippen molar-refractivity contribution in [2.45, 2.75) is 45.1 Å². The zero-order valence-corrected chi connectivity index (χ0v) is 14.2. The number of hydrogen-bond acceptors (Lipinski definition) is 4. The molecule has 2 heterocycles. The molecule has 7 heteroatoms. The van der Waals surface area contributed by atoms with Crippen LogP contribution >= 0.6 is 36.2 Å². The Morgan fingerprint density at radius 1 is 1.50 bits per heavy atom. The van der Waals surface area contributed by atoms with Gasteiger partial charge in [-0.15, -0.1) is 36.2 Å². The Kier molecular flexibility index (Phi) is 9.38. The van der Waals surface area contributed by atoms with Crippen molar-refractivity contribution in [2.75, 3.05) is 13.1 Å². The summed E-state index contributed by atoms with van der Waals surface area (Å²) in [7, 11) is 0. The Bertz CT molecular complexity index is 414. The van der Waals surface area contributed by atoms with E-state index >= 15 is 0 Å². The average molecular weight is 340 g/mol. The van der Waals surface area contributed by atoms with Crippen molar-refractivity contribution in [3.8, 4) is 0 Å². The molecule has 1 aliphatic rings. The first kappa shape index (κ1) is 19.6. The van der Waals surface area contributed by atoms with Gasteiger partial charge in [-0.3, -0.25) is 4.79 Å². The summed E-state index contributed by atoms with van der Waals surface area (Å²) in [5.41, 5.74) is 5.76. The van der Waals surface area contributed by atoms with Crippen LogP contribution in [-0.2, 0) is 6.42 Å². The second-order valence-corrected chi connectivity index (χ2v) is 5.87. The van der Waals surface area contributed by atoms with Gasteiger partial charge in [-0.05, 0) is 32.1 Å². The van der Waals surface area contributed by atoms with Crippen molar-refractivity contribution in [3.63, 3.8) is 0 Å². The fraction of sp³-hybridized carbons (Fsp3) is 0.692. The number of aryl methyl sites for hydroxylation is 1. The normalized spacial score (nSPS) is 18.1. The van der Waals surface area contributed by atoms with Crippen LogP contribution in [0.5, 0.6) is 0 Å². The molecule has 1 amide bonds. The number of piperidine rings is 1. The minimum atomic E-state index is 0. The van der Waals surface area contributed by atoms with E-state index in [1.807, 2.05) is 4.90 Å². The van der Waals surface area contributed by atoms with Crippen LogP contribution in [0, 0.1) is 0 Å². The highest BCUT2D eigenvalue weighted by Crippen LogP contribution is 2.22. The molecule has 4 nitrogen and oxygen atoms in total. The van der Waals surface area contributed by atoms with Gasteiger partial charge in [-0.1, -0.05) is 6.92 Å². The minimum Gasteiger partial charge on any atom is -0.334 e. The molecule has 0 bridgehead atoms. The Morgan fingerprint density at radius 2 is 2.25 bits per heavy atom. The minimum absolute atomic E-state index is 0. The number of carbonyl (C=O) groups is 1. The molecule has 1 atom stereocenters. The number of aromatic nitrogens is 1. The molecule has 1 aromatic rings. The van der Waals surface area contributed by atoms with Crippen molar-refractivity contribution in [3.05, 3.63) is 16.1 Å². The standard InChI is InChI=1S/C13H21N3OS.2ClH/c1-2-5-12-15-9-11(18-12)13(17)16-7-4-3-6-10(16)8-14;;/h9-10H,2-8,14H2,1H3;2*1H. The summed E-state index contributed by atoms with van der Waals surface area (Å²) >= 11 is 1.53. The summed E-state index contributed by atoms with van der Waals surface area (Å²) < 4.78 is 0. The fourth-order valence-corrected chi connectivity index (χ4v) is 3.37. The molecule has 0 aliphatic carbocycles. The summed E-state index contributed by atoms with van der Waals surface area (Å²) in [4.78, 5) is 19.4. The lowest BCUT2D eigenvalue weighted by atomic mass is 10.0. The van der Waals surface area contributed by atoms with E-state index in [9.17, 15) is 4.79 Å². The predicted octanol–water partition coefficient (Wildman–Crippen LogP) is 2.89. The van der Waals surface area contributed by atoms with Gasteiger partial charge in [0.05, 0.1) is 11.2 Å². The summed E-state index contributed by atoms with van der Waals surface area (Å²) in [5.74, 6) is 0.116. The maximum absolute atomic E-state index is 12.4. The van der Waals surface area contributed by atoms with Crippen molar-refractivity contribution in [1.29, 1.82) is 0 Å². The van der Waals surface area contributed by atoms with E-state index in [4.69, 9.17) is 5.73 Å². The van der Waals surface area contributed by atoms with Crippen LogP contribution in [0.15, 0.2) is 6.20 Å². The average Bonchev–Trinajstić information content (AvgIpc) is 2.87. The number of nitrogens with zero attached hydrogens (tertiary/aromatic N) is 2. The van der Waals surface area contributed by atoms with E-state index in [0.717, 1.165) is 42.1 Å². The topological polar surface area (TPSA) is 59.2 Å². The molecular formula is C13H23Cl2N3OS. The number of nitrogens with two attached hydrogens (primary N) is 1. The van der Waals surface area contributed by atoms with E-state index in [1.54, 1.807) is 6.20 Å². The lowest BCUT2D eigenvalue weighted by Gasteiger charge is -2.34. The molecule has 1 fully saturated rings. The Balaban J connectivity index is 0.00000180. The third-order valence-corrected chi connectivity index (χ3v) is 4.43.